The van der Waals surface area contributed by atoms with Crippen LogP contribution in [0.3, 0.4) is 0 Å². The lowest BCUT2D eigenvalue weighted by Crippen LogP contribution is -2.12. The predicted molar refractivity (Wildman–Crippen MR) is 56.5 cm³/mol. The van der Waals surface area contributed by atoms with E-state index in [0.717, 1.165) is 0 Å². The summed E-state index contributed by atoms with van der Waals surface area (Å²) in [6, 6.07) is 0. The van der Waals surface area contributed by atoms with E-state index in [1.165, 1.54) is 11.0 Å². The fourth-order valence-corrected chi connectivity index (χ4v) is 1.57. The summed E-state index contributed by atoms with van der Waals surface area (Å²) >= 11 is 0. The molecule has 0 fully saturated rings. The van der Waals surface area contributed by atoms with Gasteiger partial charge in [0.2, 0.25) is 0 Å². The van der Waals surface area contributed by atoms with Crippen LogP contribution >= 0.6 is 0 Å². The minimum absolute atomic E-state index is 0.00494. The quantitative estimate of drug-likeness (QED) is 0.783. The number of nitrogens with zero attached hydrogens (tertiary/aromatic N) is 6. The molecule has 0 aromatic carbocycles. The van der Waals surface area contributed by atoms with E-state index in [1.807, 2.05) is 6.92 Å². The molecule has 2 heterocycles. The number of hydrogen-bond donors (Lipinski definition) is 1. The number of carboxylic acid groups (broad SMARTS) is 1. The van der Waals surface area contributed by atoms with Crippen LogP contribution < -0.4 is 0 Å². The molecule has 2 rings (SSSR count). The van der Waals surface area contributed by atoms with Crippen LogP contribution in [0.15, 0.2) is 6.33 Å². The molecular formula is C9H12N6O2. The summed E-state index contributed by atoms with van der Waals surface area (Å²) in [5, 5.41) is 20.4. The molecule has 0 bridgehead atoms. The van der Waals surface area contributed by atoms with E-state index in [-0.39, 0.29) is 5.69 Å². The van der Waals surface area contributed by atoms with Gasteiger partial charge in [0.15, 0.2) is 5.69 Å². The van der Waals surface area contributed by atoms with Gasteiger partial charge in [0.25, 0.3) is 0 Å². The molecule has 0 spiro atoms. The first kappa shape index (κ1) is 11.2. The van der Waals surface area contributed by atoms with Gasteiger partial charge in [-0.15, -0.1) is 5.10 Å². The van der Waals surface area contributed by atoms with Crippen molar-refractivity contribution in [3.8, 4) is 0 Å². The zero-order valence-electron chi connectivity index (χ0n) is 9.53. The zero-order chi connectivity index (χ0) is 12.4. The molecule has 0 aliphatic heterocycles. The predicted octanol–water partition coefficient (Wildman–Crippen LogP) is -0.285. The maximum atomic E-state index is 10.9. The summed E-state index contributed by atoms with van der Waals surface area (Å²) in [5.41, 5.74) is 0.579. The molecule has 90 valence electrons. The van der Waals surface area contributed by atoms with E-state index in [1.54, 1.807) is 11.7 Å². The average Bonchev–Trinajstić information content (AvgIpc) is 2.86. The second-order valence-electron chi connectivity index (χ2n) is 3.50. The highest BCUT2D eigenvalue weighted by molar-refractivity contribution is 5.86. The van der Waals surface area contributed by atoms with Gasteiger partial charge >= 0.3 is 5.97 Å². The first-order chi connectivity index (χ1) is 8.13. The maximum absolute atomic E-state index is 10.9. The molecule has 0 amide bonds. The van der Waals surface area contributed by atoms with Crippen molar-refractivity contribution in [2.45, 2.75) is 19.9 Å². The molecule has 8 heteroatoms. The van der Waals surface area contributed by atoms with Gasteiger partial charge < -0.3 is 5.11 Å². The minimum atomic E-state index is -1.06. The highest BCUT2D eigenvalue weighted by atomic mass is 16.4. The SMILES string of the molecule is CCc1c(C(=O)O)nnn1Cc1ncnn1C. The number of carboxylic acids is 1. The molecule has 1 N–H and O–H groups in total. The van der Waals surface area contributed by atoms with Crippen LogP contribution in [-0.4, -0.2) is 40.8 Å². The van der Waals surface area contributed by atoms with Crippen molar-refractivity contribution in [2.24, 2.45) is 7.05 Å². The monoisotopic (exact) mass is 236 g/mol. The Hall–Kier alpha value is -2.25. The van der Waals surface area contributed by atoms with E-state index >= 15 is 0 Å². The maximum Gasteiger partial charge on any atom is 0.358 e. The summed E-state index contributed by atoms with van der Waals surface area (Å²) < 4.78 is 3.15. The van der Waals surface area contributed by atoms with Gasteiger partial charge in [0, 0.05) is 7.05 Å². The lowest BCUT2D eigenvalue weighted by Gasteiger charge is -2.04. The normalized spacial score (nSPS) is 10.7. The van der Waals surface area contributed by atoms with Crippen LogP contribution in [0.25, 0.3) is 0 Å². The van der Waals surface area contributed by atoms with E-state index < -0.39 is 5.97 Å². The van der Waals surface area contributed by atoms with E-state index in [4.69, 9.17) is 5.11 Å². The molecule has 0 saturated heterocycles. The minimum Gasteiger partial charge on any atom is -0.476 e. The number of rotatable bonds is 4. The molecule has 2 aromatic heterocycles. The third kappa shape index (κ3) is 2.01. The van der Waals surface area contributed by atoms with Gasteiger partial charge in [0.05, 0.1) is 5.69 Å². The molecule has 0 atom stereocenters. The number of hydrogen-bond acceptors (Lipinski definition) is 5. The second kappa shape index (κ2) is 4.32. The highest BCUT2D eigenvalue weighted by Crippen LogP contribution is 2.08. The van der Waals surface area contributed by atoms with Gasteiger partial charge in [-0.3, -0.25) is 4.68 Å². The van der Waals surface area contributed by atoms with Gasteiger partial charge in [-0.05, 0) is 6.42 Å². The lowest BCUT2D eigenvalue weighted by atomic mass is 10.2. The topological polar surface area (TPSA) is 98.7 Å². The van der Waals surface area contributed by atoms with Gasteiger partial charge in [-0.2, -0.15) is 5.10 Å². The second-order valence-corrected chi connectivity index (χ2v) is 3.50. The van der Waals surface area contributed by atoms with Crippen molar-refractivity contribution in [1.29, 1.82) is 0 Å². The summed E-state index contributed by atoms with van der Waals surface area (Å²) in [5.74, 6) is -0.368. The first-order valence-electron chi connectivity index (χ1n) is 5.12. The molecule has 0 unspecified atom stereocenters. The van der Waals surface area contributed by atoms with E-state index in [0.29, 0.717) is 24.5 Å². The number of aryl methyl sites for hydroxylation is 1. The summed E-state index contributed by atoms with van der Waals surface area (Å²) in [6.07, 6.45) is 1.99. The van der Waals surface area contributed by atoms with Crippen molar-refractivity contribution in [1.82, 2.24) is 29.8 Å². The Labute approximate surface area is 96.9 Å². The summed E-state index contributed by atoms with van der Waals surface area (Å²) in [7, 11) is 1.77. The third-order valence-corrected chi connectivity index (χ3v) is 2.47. The number of aromatic nitrogens is 6. The Morgan fingerprint density at radius 1 is 1.53 bits per heavy atom. The molecule has 8 nitrogen and oxygen atoms in total. The van der Waals surface area contributed by atoms with Crippen molar-refractivity contribution in [3.63, 3.8) is 0 Å². The number of aromatic carboxylic acids is 1. The zero-order valence-corrected chi connectivity index (χ0v) is 9.53. The van der Waals surface area contributed by atoms with Crippen molar-refractivity contribution < 1.29 is 9.90 Å². The molecule has 0 radical (unpaired) electrons. The Morgan fingerprint density at radius 3 is 2.82 bits per heavy atom. The summed E-state index contributed by atoms with van der Waals surface area (Å²) in [6.45, 7) is 2.22. The van der Waals surface area contributed by atoms with Crippen LogP contribution in [0.1, 0.15) is 28.9 Å². The smallest absolute Gasteiger partial charge is 0.358 e. The van der Waals surface area contributed by atoms with Gasteiger partial charge in [-0.25, -0.2) is 14.5 Å². The average molecular weight is 236 g/mol. The molecular weight excluding hydrogens is 224 g/mol. The standard InChI is InChI=1S/C9H12N6O2/c1-3-6-8(9(16)17)12-13-15(6)4-7-10-5-11-14(7)2/h5H,3-4H2,1-2H3,(H,16,17). The van der Waals surface area contributed by atoms with Crippen LogP contribution in [0.4, 0.5) is 0 Å². The molecule has 17 heavy (non-hydrogen) atoms. The van der Waals surface area contributed by atoms with Crippen LogP contribution in [-0.2, 0) is 20.0 Å². The number of carbonyl (C=O) groups is 1. The fraction of sp³-hybridized carbons (Fsp3) is 0.444. The van der Waals surface area contributed by atoms with Crippen molar-refractivity contribution in [3.05, 3.63) is 23.5 Å². The van der Waals surface area contributed by atoms with E-state index in [2.05, 4.69) is 20.4 Å². The van der Waals surface area contributed by atoms with Gasteiger partial charge in [-0.1, -0.05) is 12.1 Å². The van der Waals surface area contributed by atoms with E-state index in [9.17, 15) is 4.79 Å². The lowest BCUT2D eigenvalue weighted by molar-refractivity contribution is 0.0689. The largest absolute Gasteiger partial charge is 0.476 e. The Morgan fingerprint density at radius 2 is 2.29 bits per heavy atom. The van der Waals surface area contributed by atoms with Gasteiger partial charge in [0.1, 0.15) is 18.7 Å². The molecule has 0 saturated carbocycles. The molecule has 2 aromatic rings. The van der Waals surface area contributed by atoms with Crippen molar-refractivity contribution in [2.75, 3.05) is 0 Å². The fourth-order valence-electron chi connectivity index (χ4n) is 1.57. The Kier molecular flexibility index (Phi) is 2.86. The third-order valence-electron chi connectivity index (χ3n) is 2.47. The van der Waals surface area contributed by atoms with Crippen molar-refractivity contribution >= 4 is 5.97 Å². The van der Waals surface area contributed by atoms with Crippen LogP contribution in [0.5, 0.6) is 0 Å². The Balaban J connectivity index is 2.34. The van der Waals surface area contributed by atoms with Crippen LogP contribution in [0.2, 0.25) is 0 Å². The molecule has 0 aliphatic carbocycles. The first-order valence-corrected chi connectivity index (χ1v) is 5.12. The Bertz CT molecular complexity index is 543. The highest BCUT2D eigenvalue weighted by Gasteiger charge is 2.18. The van der Waals surface area contributed by atoms with Crippen LogP contribution in [0, 0.1) is 0 Å². The molecule has 0 aliphatic rings. The summed E-state index contributed by atoms with van der Waals surface area (Å²) in [4.78, 5) is 15.0.